The van der Waals surface area contributed by atoms with Crippen LogP contribution in [0.4, 0.5) is 0 Å². The summed E-state index contributed by atoms with van der Waals surface area (Å²) in [5, 5.41) is 0.670. The second kappa shape index (κ2) is 6.15. The first-order valence-electron chi connectivity index (χ1n) is 9.38. The van der Waals surface area contributed by atoms with Crippen LogP contribution >= 0.6 is 0 Å². The molecule has 2 saturated heterocycles. The summed E-state index contributed by atoms with van der Waals surface area (Å²) in [5.74, 6) is -1.25. The third kappa shape index (κ3) is 2.42. The molecule has 0 spiro atoms. The molecule has 7 heteroatoms. The van der Waals surface area contributed by atoms with Gasteiger partial charge in [0.2, 0.25) is 11.8 Å². The van der Waals surface area contributed by atoms with Crippen molar-refractivity contribution in [3.8, 4) is 0 Å². The molecule has 0 saturated carbocycles. The Morgan fingerprint density at radius 1 is 0.964 bits per heavy atom. The predicted molar refractivity (Wildman–Crippen MR) is 99.4 cm³/mol. The molecule has 3 amide bonds. The highest BCUT2D eigenvalue weighted by molar-refractivity contribution is 6.06. The highest BCUT2D eigenvalue weighted by atomic mass is 16.4. The Balaban J connectivity index is 1.33. The van der Waals surface area contributed by atoms with E-state index in [-0.39, 0.29) is 48.3 Å². The number of benzene rings is 1. The van der Waals surface area contributed by atoms with Crippen LogP contribution in [0, 0.1) is 11.8 Å². The Hall–Kier alpha value is -3.22. The quantitative estimate of drug-likeness (QED) is 0.450. The van der Waals surface area contributed by atoms with Crippen LogP contribution in [0.25, 0.3) is 11.0 Å². The topological polar surface area (TPSA) is 87.9 Å². The van der Waals surface area contributed by atoms with Gasteiger partial charge in [0.25, 0.3) is 5.91 Å². The maximum Gasteiger partial charge on any atom is 0.349 e. The molecule has 0 unspecified atom stereocenters. The lowest BCUT2D eigenvalue weighted by Crippen LogP contribution is -2.62. The highest BCUT2D eigenvalue weighted by Gasteiger charge is 2.52. The van der Waals surface area contributed by atoms with Gasteiger partial charge in [-0.1, -0.05) is 30.4 Å². The second-order valence-corrected chi connectivity index (χ2v) is 7.55. The summed E-state index contributed by atoms with van der Waals surface area (Å²) >= 11 is 0. The van der Waals surface area contributed by atoms with E-state index in [0.29, 0.717) is 23.8 Å². The Labute approximate surface area is 160 Å². The number of fused-ring (bicyclic) bond motifs is 2. The van der Waals surface area contributed by atoms with E-state index in [0.717, 1.165) is 0 Å². The molecule has 2 fully saturated rings. The molecule has 1 aromatic heterocycles. The number of amides is 3. The fourth-order valence-corrected chi connectivity index (χ4v) is 4.35. The van der Waals surface area contributed by atoms with Crippen molar-refractivity contribution in [3.05, 3.63) is 58.5 Å². The summed E-state index contributed by atoms with van der Waals surface area (Å²) < 4.78 is 5.23. The Morgan fingerprint density at radius 2 is 1.61 bits per heavy atom. The number of carbonyl (C=O) groups excluding carboxylic acids is 3. The first kappa shape index (κ1) is 16.9. The van der Waals surface area contributed by atoms with Crippen molar-refractivity contribution in [1.82, 2.24) is 9.80 Å². The van der Waals surface area contributed by atoms with Crippen LogP contribution in [0.2, 0.25) is 0 Å². The fourth-order valence-electron chi connectivity index (χ4n) is 4.35. The Bertz CT molecular complexity index is 1070. The molecule has 0 bridgehead atoms. The molecule has 142 valence electrons. The number of imide groups is 1. The molecule has 7 nitrogen and oxygen atoms in total. The second-order valence-electron chi connectivity index (χ2n) is 7.55. The number of rotatable bonds is 2. The molecule has 5 rings (SSSR count). The van der Waals surface area contributed by atoms with Crippen molar-refractivity contribution in [1.29, 1.82) is 0 Å². The molecule has 0 radical (unpaired) electrons. The molecule has 2 aliphatic heterocycles. The van der Waals surface area contributed by atoms with Crippen molar-refractivity contribution < 1.29 is 18.8 Å². The van der Waals surface area contributed by atoms with Gasteiger partial charge in [-0.2, -0.15) is 0 Å². The monoisotopic (exact) mass is 378 g/mol. The summed E-state index contributed by atoms with van der Waals surface area (Å²) in [6.45, 7) is 0.491. The third-order valence-electron chi connectivity index (χ3n) is 5.93. The molecule has 1 aliphatic carbocycles. The van der Waals surface area contributed by atoms with Gasteiger partial charge >= 0.3 is 5.63 Å². The van der Waals surface area contributed by atoms with Gasteiger partial charge in [-0.3, -0.25) is 19.3 Å². The van der Waals surface area contributed by atoms with Crippen LogP contribution in [0.1, 0.15) is 23.2 Å². The minimum absolute atomic E-state index is 0.0332. The Kier molecular flexibility index (Phi) is 3.72. The minimum Gasteiger partial charge on any atom is -0.422 e. The zero-order chi connectivity index (χ0) is 19.4. The van der Waals surface area contributed by atoms with Gasteiger partial charge in [-0.15, -0.1) is 0 Å². The van der Waals surface area contributed by atoms with E-state index < -0.39 is 11.5 Å². The van der Waals surface area contributed by atoms with Crippen LogP contribution in [0.3, 0.4) is 0 Å². The van der Waals surface area contributed by atoms with E-state index in [9.17, 15) is 19.2 Å². The third-order valence-corrected chi connectivity index (χ3v) is 5.93. The van der Waals surface area contributed by atoms with Crippen molar-refractivity contribution in [3.63, 3.8) is 0 Å². The number of para-hydroxylation sites is 1. The number of hydrogen-bond donors (Lipinski definition) is 0. The van der Waals surface area contributed by atoms with Crippen LogP contribution in [-0.4, -0.2) is 46.7 Å². The van der Waals surface area contributed by atoms with Gasteiger partial charge in [-0.25, -0.2) is 4.79 Å². The molecule has 2 atom stereocenters. The average molecular weight is 378 g/mol. The zero-order valence-electron chi connectivity index (χ0n) is 15.0. The van der Waals surface area contributed by atoms with Crippen molar-refractivity contribution in [2.24, 2.45) is 11.8 Å². The number of carbonyl (C=O) groups is 3. The van der Waals surface area contributed by atoms with E-state index in [2.05, 4.69) is 0 Å². The van der Waals surface area contributed by atoms with Crippen molar-refractivity contribution in [2.75, 3.05) is 13.1 Å². The zero-order valence-corrected chi connectivity index (χ0v) is 15.0. The highest BCUT2D eigenvalue weighted by Crippen LogP contribution is 2.37. The van der Waals surface area contributed by atoms with E-state index in [1.807, 2.05) is 12.2 Å². The van der Waals surface area contributed by atoms with Gasteiger partial charge < -0.3 is 9.32 Å². The number of allylic oxidation sites excluding steroid dienone is 2. The maximum atomic E-state index is 12.7. The predicted octanol–water partition coefficient (Wildman–Crippen LogP) is 1.57. The smallest absolute Gasteiger partial charge is 0.349 e. The summed E-state index contributed by atoms with van der Waals surface area (Å²) in [4.78, 5) is 53.0. The molecule has 3 heterocycles. The van der Waals surface area contributed by atoms with E-state index in [1.54, 1.807) is 24.3 Å². The number of likely N-dealkylation sites (tertiary alicyclic amines) is 2. The molecular formula is C21H18N2O5. The standard InChI is InChI=1S/C21H18N2O5/c24-18(16-9-12-5-1-4-8-17(12)28-21(16)27)22-10-13(11-22)23-19(25)14-6-2-3-7-15(14)20(23)26/h1-5,8-9,13-15H,6-7,10-11H2/t14-,15-/m0/s1. The van der Waals surface area contributed by atoms with Gasteiger partial charge in [0.05, 0.1) is 17.9 Å². The average Bonchev–Trinajstić information content (AvgIpc) is 2.92. The lowest BCUT2D eigenvalue weighted by atomic mass is 9.85. The fraction of sp³-hybridized carbons (Fsp3) is 0.333. The first-order chi connectivity index (χ1) is 13.5. The van der Waals surface area contributed by atoms with E-state index in [1.165, 1.54) is 15.9 Å². The summed E-state index contributed by atoms with van der Waals surface area (Å²) in [6, 6.07) is 8.21. The molecular weight excluding hydrogens is 360 g/mol. The lowest BCUT2D eigenvalue weighted by molar-refractivity contribution is -0.145. The van der Waals surface area contributed by atoms with Crippen LogP contribution in [0.5, 0.6) is 0 Å². The molecule has 3 aliphatic rings. The van der Waals surface area contributed by atoms with Crippen LogP contribution < -0.4 is 5.63 Å². The van der Waals surface area contributed by atoms with Gasteiger partial charge in [0.1, 0.15) is 11.1 Å². The van der Waals surface area contributed by atoms with Crippen LogP contribution in [0.15, 0.2) is 51.7 Å². The molecule has 28 heavy (non-hydrogen) atoms. The van der Waals surface area contributed by atoms with Crippen LogP contribution in [-0.2, 0) is 9.59 Å². The first-order valence-corrected chi connectivity index (χ1v) is 9.38. The lowest BCUT2D eigenvalue weighted by Gasteiger charge is -2.43. The largest absolute Gasteiger partial charge is 0.422 e. The number of nitrogens with zero attached hydrogens (tertiary/aromatic N) is 2. The number of hydrogen-bond acceptors (Lipinski definition) is 5. The summed E-state index contributed by atoms with van der Waals surface area (Å²) in [7, 11) is 0. The van der Waals surface area contributed by atoms with E-state index >= 15 is 0 Å². The maximum absolute atomic E-state index is 12.7. The van der Waals surface area contributed by atoms with Crippen molar-refractivity contribution >= 4 is 28.7 Å². The van der Waals surface area contributed by atoms with Crippen molar-refractivity contribution in [2.45, 2.75) is 18.9 Å². The van der Waals surface area contributed by atoms with Gasteiger partial charge in [0, 0.05) is 18.5 Å². The SMILES string of the molecule is O=C(c1cc2ccccc2oc1=O)N1CC(N2C(=O)[C@H]3CC=CC[C@@H]3C2=O)C1. The summed E-state index contributed by atoms with van der Waals surface area (Å²) in [6.07, 6.45) is 5.09. The van der Waals surface area contributed by atoms with Gasteiger partial charge in [0.15, 0.2) is 0 Å². The minimum atomic E-state index is -0.683. The van der Waals surface area contributed by atoms with E-state index in [4.69, 9.17) is 4.42 Å². The molecule has 2 aromatic rings. The van der Waals surface area contributed by atoms with Gasteiger partial charge in [-0.05, 0) is 25.0 Å². The molecule has 0 N–H and O–H groups in total. The normalized spacial score (nSPS) is 24.6. The molecule has 1 aromatic carbocycles. The Morgan fingerprint density at radius 3 is 2.29 bits per heavy atom. The summed E-state index contributed by atoms with van der Waals surface area (Å²) in [5.41, 5.74) is -0.290.